The number of hydrogen-bond donors (Lipinski definition) is 2. The highest BCUT2D eigenvalue weighted by Gasteiger charge is 2.56. The smallest absolute Gasteiger partial charge is 0.339 e. The fraction of sp³-hybridized carbons (Fsp3) is 0.667. The molecule has 0 amide bonds. The second-order valence-corrected chi connectivity index (χ2v) is 13.6. The normalized spacial score (nSPS) is 26.7. The number of fused-ring (bicyclic) bond motifs is 1. The molecule has 1 aliphatic heterocycles. The third-order valence-electron chi connectivity index (χ3n) is 8.44. The molecule has 2 aromatic rings. The van der Waals surface area contributed by atoms with Crippen molar-refractivity contribution in [3.63, 3.8) is 0 Å². The zero-order valence-corrected chi connectivity index (χ0v) is 28.9. The lowest BCUT2D eigenvalue weighted by Gasteiger charge is -2.44. The van der Waals surface area contributed by atoms with Crippen molar-refractivity contribution in [1.29, 1.82) is 0 Å². The van der Waals surface area contributed by atoms with Gasteiger partial charge in [-0.3, -0.25) is 14.4 Å². The summed E-state index contributed by atoms with van der Waals surface area (Å²) in [6.07, 6.45) is 1.12. The van der Waals surface area contributed by atoms with Gasteiger partial charge in [0, 0.05) is 12.0 Å². The Kier molecular flexibility index (Phi) is 11.1. The first-order valence-electron chi connectivity index (χ1n) is 16.7. The van der Waals surface area contributed by atoms with Crippen molar-refractivity contribution < 1.29 is 47.6 Å². The maximum atomic E-state index is 13.0. The van der Waals surface area contributed by atoms with Gasteiger partial charge in [0.15, 0.2) is 47.7 Å². The van der Waals surface area contributed by atoms with E-state index in [9.17, 15) is 19.2 Å². The summed E-state index contributed by atoms with van der Waals surface area (Å²) in [5.74, 6) is -4.04. The van der Waals surface area contributed by atoms with Gasteiger partial charge in [0.25, 0.3) is 0 Å². The second kappa shape index (κ2) is 15.1. The van der Waals surface area contributed by atoms with Gasteiger partial charge in [0.05, 0.1) is 43.8 Å². The van der Waals surface area contributed by atoms with Gasteiger partial charge < -0.3 is 44.0 Å². The van der Waals surface area contributed by atoms with Crippen LogP contribution in [0.2, 0.25) is 0 Å². The van der Waals surface area contributed by atoms with E-state index < -0.39 is 72.3 Å². The molecule has 2 aromatic heterocycles. The van der Waals surface area contributed by atoms with Gasteiger partial charge >= 0.3 is 23.9 Å². The SMILES string of the molecule is COC(=O)C1O[C@@H](OC[C@@H]2C=C[C@H](n3cnc4c(NC5CC5)nc(N)nc43)C2)[C@@H](OC(=O)C(C)C)[C@@H](OC(=O)C(C)C)[C@@H]1OC(=O)C(C)C. The number of nitrogen functional groups attached to an aromatic ring is 1. The number of aromatic nitrogens is 4. The molecule has 1 saturated heterocycles. The molecule has 16 nitrogen and oxygen atoms in total. The van der Waals surface area contributed by atoms with Crippen LogP contribution in [0.15, 0.2) is 18.5 Å². The average molecular weight is 687 g/mol. The number of carbonyl (C=O) groups is 4. The van der Waals surface area contributed by atoms with Crippen LogP contribution < -0.4 is 11.1 Å². The Labute approximate surface area is 284 Å². The largest absolute Gasteiger partial charge is 0.467 e. The number of nitrogens with zero attached hydrogens (tertiary/aromatic N) is 4. The lowest BCUT2D eigenvalue weighted by molar-refractivity contribution is -0.304. The Hall–Kier alpha value is -4.31. The summed E-state index contributed by atoms with van der Waals surface area (Å²) in [6.45, 7) is 9.80. The van der Waals surface area contributed by atoms with Gasteiger partial charge in [-0.15, -0.1) is 0 Å². The standard InChI is InChI=1S/C33H46N6O10/c1-15(2)28(40)46-22-23(47-29(41)16(3)4)25(48-30(42)17(5)6)32(49-24(22)31(43)44-7)45-13-18-8-11-20(12-18)39-14-35-21-26(36-19-9-10-19)37-33(34)38-27(21)39/h8,11,14-20,22-25,32H,9-10,12-13H2,1-7H3,(H3,34,36,37,38)/t18-,20+,22+,23+,24?,25+,32-/m1/s1. The number of ether oxygens (including phenoxy) is 6. The molecule has 3 heterocycles. The number of anilines is 2. The Bertz CT molecular complexity index is 1570. The Morgan fingerprint density at radius 1 is 0.918 bits per heavy atom. The van der Waals surface area contributed by atoms with Crippen LogP contribution in [0.25, 0.3) is 11.2 Å². The Morgan fingerprint density at radius 2 is 1.53 bits per heavy atom. The third kappa shape index (κ3) is 8.29. The third-order valence-corrected chi connectivity index (χ3v) is 8.44. The number of allylic oxidation sites excluding steroid dienone is 1. The molecule has 3 aliphatic rings. The van der Waals surface area contributed by atoms with Crippen LogP contribution in [0.4, 0.5) is 11.8 Å². The van der Waals surface area contributed by atoms with Crippen molar-refractivity contribution in [2.45, 2.75) is 104 Å². The molecule has 0 aromatic carbocycles. The van der Waals surface area contributed by atoms with Gasteiger partial charge in [0.2, 0.25) is 5.95 Å². The minimum atomic E-state index is -1.55. The van der Waals surface area contributed by atoms with Crippen LogP contribution in [0.3, 0.4) is 0 Å². The van der Waals surface area contributed by atoms with Crippen molar-refractivity contribution in [3.05, 3.63) is 18.5 Å². The zero-order chi connectivity index (χ0) is 35.6. The van der Waals surface area contributed by atoms with Crippen LogP contribution in [0, 0.1) is 23.7 Å². The van der Waals surface area contributed by atoms with Crippen LogP contribution >= 0.6 is 0 Å². The first-order valence-corrected chi connectivity index (χ1v) is 16.7. The van der Waals surface area contributed by atoms with Crippen molar-refractivity contribution in [2.24, 2.45) is 23.7 Å². The highest BCUT2D eigenvalue weighted by Crippen LogP contribution is 2.35. The molecule has 7 atom stereocenters. The van der Waals surface area contributed by atoms with Crippen LogP contribution in [0.5, 0.6) is 0 Å². The topological polar surface area (TPSA) is 205 Å². The highest BCUT2D eigenvalue weighted by atomic mass is 16.7. The molecule has 1 saturated carbocycles. The van der Waals surface area contributed by atoms with Crippen molar-refractivity contribution in [1.82, 2.24) is 19.5 Å². The average Bonchev–Trinajstić information content (AvgIpc) is 3.57. The van der Waals surface area contributed by atoms with Crippen molar-refractivity contribution >= 4 is 46.8 Å². The Morgan fingerprint density at radius 3 is 2.12 bits per heavy atom. The van der Waals surface area contributed by atoms with Crippen molar-refractivity contribution in [2.75, 3.05) is 24.8 Å². The van der Waals surface area contributed by atoms with E-state index in [1.165, 1.54) is 0 Å². The van der Waals surface area contributed by atoms with Gasteiger partial charge in [-0.2, -0.15) is 9.97 Å². The van der Waals surface area contributed by atoms with E-state index in [4.69, 9.17) is 34.2 Å². The molecule has 1 unspecified atom stereocenters. The molecule has 2 aliphatic carbocycles. The first-order chi connectivity index (χ1) is 23.3. The predicted molar refractivity (Wildman–Crippen MR) is 173 cm³/mol. The summed E-state index contributed by atoms with van der Waals surface area (Å²) < 4.78 is 36.5. The molecule has 268 valence electrons. The molecule has 0 spiro atoms. The molecule has 5 rings (SSSR count). The van der Waals surface area contributed by atoms with Gasteiger partial charge in [-0.05, 0) is 19.3 Å². The number of esters is 4. The summed E-state index contributed by atoms with van der Waals surface area (Å²) in [7, 11) is 1.15. The van der Waals surface area contributed by atoms with Crippen LogP contribution in [0.1, 0.15) is 66.8 Å². The van der Waals surface area contributed by atoms with Gasteiger partial charge in [0.1, 0.15) is 0 Å². The maximum absolute atomic E-state index is 13.0. The van der Waals surface area contributed by atoms with E-state index in [1.807, 2.05) is 16.7 Å². The molecule has 0 bridgehead atoms. The van der Waals surface area contributed by atoms with E-state index in [-0.39, 0.29) is 24.5 Å². The number of nitrogens with two attached hydrogens (primary N) is 1. The summed E-state index contributed by atoms with van der Waals surface area (Å²) in [5.41, 5.74) is 7.27. The van der Waals surface area contributed by atoms with Crippen molar-refractivity contribution in [3.8, 4) is 0 Å². The first kappa shape index (κ1) is 36.0. The summed E-state index contributed by atoms with van der Waals surface area (Å²) >= 11 is 0. The number of methoxy groups -OCH3 is 1. The molecule has 16 heteroatoms. The Balaban J connectivity index is 1.38. The lowest BCUT2D eigenvalue weighted by Crippen LogP contribution is -2.64. The summed E-state index contributed by atoms with van der Waals surface area (Å²) in [4.78, 5) is 65.1. The van der Waals surface area contributed by atoms with E-state index in [0.29, 0.717) is 29.4 Å². The zero-order valence-electron chi connectivity index (χ0n) is 28.9. The highest BCUT2D eigenvalue weighted by molar-refractivity contribution is 5.84. The number of imidazole rings is 1. The van der Waals surface area contributed by atoms with E-state index in [1.54, 1.807) is 47.9 Å². The minimum Gasteiger partial charge on any atom is -0.467 e. The molecular formula is C33H46N6O10. The van der Waals surface area contributed by atoms with E-state index >= 15 is 0 Å². The van der Waals surface area contributed by atoms with E-state index in [0.717, 1.165) is 20.0 Å². The number of carbonyl (C=O) groups excluding carboxylic acids is 4. The molecule has 3 N–H and O–H groups in total. The van der Waals surface area contributed by atoms with Gasteiger partial charge in [-0.1, -0.05) is 53.7 Å². The predicted octanol–water partition coefficient (Wildman–Crippen LogP) is 2.72. The fourth-order valence-corrected chi connectivity index (χ4v) is 5.45. The van der Waals surface area contributed by atoms with Crippen LogP contribution in [-0.2, 0) is 47.6 Å². The maximum Gasteiger partial charge on any atom is 0.339 e. The number of rotatable bonds is 13. The fourth-order valence-electron chi connectivity index (χ4n) is 5.45. The molecule has 49 heavy (non-hydrogen) atoms. The number of hydrogen-bond acceptors (Lipinski definition) is 15. The molecule has 0 radical (unpaired) electrons. The quantitative estimate of drug-likeness (QED) is 0.177. The number of nitrogens with one attached hydrogen (secondary N) is 1. The second-order valence-electron chi connectivity index (χ2n) is 13.6. The van der Waals surface area contributed by atoms with Gasteiger partial charge in [-0.25, -0.2) is 9.78 Å². The molecule has 2 fully saturated rings. The van der Waals surface area contributed by atoms with E-state index in [2.05, 4.69) is 20.3 Å². The minimum absolute atomic E-state index is 0.0703. The summed E-state index contributed by atoms with van der Waals surface area (Å²) in [6, 6.07) is 0.219. The lowest BCUT2D eigenvalue weighted by atomic mass is 9.97. The van der Waals surface area contributed by atoms with Crippen LogP contribution in [-0.4, -0.2) is 93.9 Å². The monoisotopic (exact) mass is 686 g/mol. The molecular weight excluding hydrogens is 640 g/mol. The summed E-state index contributed by atoms with van der Waals surface area (Å²) in [5, 5.41) is 3.36.